The van der Waals surface area contributed by atoms with Crippen molar-refractivity contribution in [2.45, 2.75) is 69.9 Å². The molecule has 1 aliphatic rings. The molecule has 3 N–H and O–H groups in total. The zero-order chi connectivity index (χ0) is 23.9. The van der Waals surface area contributed by atoms with E-state index in [1.54, 1.807) is 11.9 Å². The van der Waals surface area contributed by atoms with Crippen LogP contribution in [0, 0.1) is 0 Å². The molecule has 0 aromatic rings. The number of nitrogens with zero attached hydrogens (tertiary/aromatic N) is 2. The van der Waals surface area contributed by atoms with Crippen LogP contribution < -0.4 is 5.32 Å². The Kier molecular flexibility index (Phi) is 13.1. The Balaban J connectivity index is 2.16. The number of hydrogen-bond acceptors (Lipinski definition) is 7. The second-order valence-electron chi connectivity index (χ2n) is 7.97. The molecule has 1 heterocycles. The third-order valence-corrected chi connectivity index (χ3v) is 5.28. The highest BCUT2D eigenvalue weighted by Crippen LogP contribution is 2.08. The van der Waals surface area contributed by atoms with E-state index in [0.717, 1.165) is 4.90 Å². The Bertz CT molecular complexity index is 662. The molecule has 180 valence electrons. The highest BCUT2D eigenvalue weighted by Gasteiger charge is 2.22. The fraction of sp³-hybridized carbons (Fsp3) is 0.682. The molecule has 1 aliphatic heterocycles. The molecule has 0 aliphatic carbocycles. The van der Waals surface area contributed by atoms with Crippen molar-refractivity contribution in [2.75, 3.05) is 26.7 Å². The number of carbonyl (C=O) groups is 5. The topological polar surface area (TPSA) is 144 Å². The van der Waals surface area contributed by atoms with Crippen molar-refractivity contribution in [1.82, 2.24) is 15.1 Å². The molecule has 4 amide bonds. The molecule has 2 atom stereocenters. The molecule has 0 saturated heterocycles. The lowest BCUT2D eigenvalue weighted by molar-refractivity contribution is -0.137. The van der Waals surface area contributed by atoms with Gasteiger partial charge in [0, 0.05) is 45.1 Å². The Morgan fingerprint density at radius 1 is 1.06 bits per heavy atom. The molecule has 0 saturated carbocycles. The third kappa shape index (κ3) is 10.6. The number of aliphatic hydroxyl groups excluding tert-OH is 2. The lowest BCUT2D eigenvalue weighted by atomic mass is 10.1. The van der Waals surface area contributed by atoms with Crippen LogP contribution in [0.5, 0.6) is 0 Å². The molecule has 10 nitrogen and oxygen atoms in total. The van der Waals surface area contributed by atoms with Gasteiger partial charge < -0.3 is 25.2 Å². The number of unbranched alkanes of at least 4 members (excludes halogenated alkanes) is 3. The van der Waals surface area contributed by atoms with Crippen LogP contribution in [-0.2, 0) is 24.0 Å². The number of imide groups is 1. The van der Waals surface area contributed by atoms with Crippen LogP contribution in [0.3, 0.4) is 0 Å². The summed E-state index contributed by atoms with van der Waals surface area (Å²) in [6, 6.07) is -0.731. The average Bonchev–Trinajstić information content (AvgIpc) is 3.10. The Morgan fingerprint density at radius 3 is 2.38 bits per heavy atom. The van der Waals surface area contributed by atoms with Gasteiger partial charge in [-0.1, -0.05) is 6.42 Å². The van der Waals surface area contributed by atoms with Crippen molar-refractivity contribution >= 4 is 29.9 Å². The maximum absolute atomic E-state index is 12.2. The number of hydrogen-bond donors (Lipinski definition) is 3. The van der Waals surface area contributed by atoms with Crippen molar-refractivity contribution in [3.8, 4) is 0 Å². The summed E-state index contributed by atoms with van der Waals surface area (Å²) in [6.07, 6.45) is 6.62. The molecule has 0 bridgehead atoms. The molecule has 10 heteroatoms. The number of rotatable bonds is 17. The first-order valence-corrected chi connectivity index (χ1v) is 11.1. The van der Waals surface area contributed by atoms with E-state index >= 15 is 0 Å². The van der Waals surface area contributed by atoms with Crippen LogP contribution in [0.2, 0.25) is 0 Å². The fourth-order valence-electron chi connectivity index (χ4n) is 3.25. The average molecular weight is 454 g/mol. The van der Waals surface area contributed by atoms with Crippen LogP contribution in [0.15, 0.2) is 12.2 Å². The predicted molar refractivity (Wildman–Crippen MR) is 116 cm³/mol. The van der Waals surface area contributed by atoms with Gasteiger partial charge in [0.05, 0.1) is 18.8 Å². The predicted octanol–water partition coefficient (Wildman–Crippen LogP) is -0.0824. The summed E-state index contributed by atoms with van der Waals surface area (Å²) < 4.78 is 0. The minimum absolute atomic E-state index is 0.130. The van der Waals surface area contributed by atoms with Gasteiger partial charge in [0.2, 0.25) is 11.8 Å². The zero-order valence-corrected chi connectivity index (χ0v) is 18.7. The molecular formula is C22H35N3O7. The Labute approximate surface area is 188 Å². The molecule has 0 spiro atoms. The van der Waals surface area contributed by atoms with Crippen molar-refractivity contribution in [1.29, 1.82) is 0 Å². The van der Waals surface area contributed by atoms with Gasteiger partial charge in [0.25, 0.3) is 11.8 Å². The summed E-state index contributed by atoms with van der Waals surface area (Å²) >= 11 is 0. The largest absolute Gasteiger partial charge is 0.394 e. The van der Waals surface area contributed by atoms with Gasteiger partial charge in [-0.15, -0.1) is 0 Å². The number of aliphatic hydroxyl groups is 2. The third-order valence-electron chi connectivity index (χ3n) is 5.28. The van der Waals surface area contributed by atoms with E-state index in [9.17, 15) is 29.1 Å². The molecular weight excluding hydrogens is 418 g/mol. The van der Waals surface area contributed by atoms with Crippen molar-refractivity contribution in [3.63, 3.8) is 0 Å². The quantitative estimate of drug-likeness (QED) is 0.159. The summed E-state index contributed by atoms with van der Waals surface area (Å²) in [6.45, 7) is 0.562. The van der Waals surface area contributed by atoms with Crippen LogP contribution >= 0.6 is 0 Å². The number of carbonyl (C=O) groups excluding carboxylic acids is 5. The second-order valence-corrected chi connectivity index (χ2v) is 7.97. The Hall–Kier alpha value is -2.59. The van der Waals surface area contributed by atoms with Gasteiger partial charge in [0.15, 0.2) is 0 Å². The smallest absolute Gasteiger partial charge is 0.253 e. The number of aldehydes is 1. The molecule has 0 fully saturated rings. The molecule has 2 unspecified atom stereocenters. The van der Waals surface area contributed by atoms with E-state index in [1.165, 1.54) is 12.2 Å². The normalized spacial score (nSPS) is 15.0. The van der Waals surface area contributed by atoms with Crippen molar-refractivity contribution < 1.29 is 34.2 Å². The molecule has 0 aromatic carbocycles. The first-order valence-electron chi connectivity index (χ1n) is 11.1. The van der Waals surface area contributed by atoms with Gasteiger partial charge in [-0.2, -0.15) is 0 Å². The summed E-state index contributed by atoms with van der Waals surface area (Å²) in [5.74, 6) is -1.04. The van der Waals surface area contributed by atoms with Crippen molar-refractivity contribution in [2.24, 2.45) is 0 Å². The summed E-state index contributed by atoms with van der Waals surface area (Å²) in [5, 5.41) is 20.7. The van der Waals surface area contributed by atoms with Crippen LogP contribution in [0.1, 0.15) is 57.8 Å². The van der Waals surface area contributed by atoms with Gasteiger partial charge in [0.1, 0.15) is 6.29 Å². The monoisotopic (exact) mass is 453 g/mol. The van der Waals surface area contributed by atoms with Gasteiger partial charge >= 0.3 is 0 Å². The number of amides is 4. The van der Waals surface area contributed by atoms with Crippen molar-refractivity contribution in [3.05, 3.63) is 12.2 Å². The molecule has 0 radical (unpaired) electrons. The van der Waals surface area contributed by atoms with E-state index < -0.39 is 12.1 Å². The highest BCUT2D eigenvalue weighted by molar-refractivity contribution is 6.12. The number of nitrogens with one attached hydrogen (secondary N) is 1. The highest BCUT2D eigenvalue weighted by atomic mass is 16.3. The lowest BCUT2D eigenvalue weighted by Crippen LogP contribution is -2.37. The van der Waals surface area contributed by atoms with E-state index in [1.807, 2.05) is 0 Å². The minimum atomic E-state index is -0.733. The van der Waals surface area contributed by atoms with Crippen LogP contribution in [0.4, 0.5) is 0 Å². The molecule has 1 rings (SSSR count). The van der Waals surface area contributed by atoms with Crippen LogP contribution in [0.25, 0.3) is 0 Å². The van der Waals surface area contributed by atoms with E-state index in [0.29, 0.717) is 57.9 Å². The van der Waals surface area contributed by atoms with Gasteiger partial charge in [-0.25, -0.2) is 0 Å². The van der Waals surface area contributed by atoms with E-state index in [-0.39, 0.29) is 49.5 Å². The SMILES string of the molecule is CN(CCCCC(O)CO)C(=O)CCC(C=O)NC(=O)CCCCCN1C(=O)C=CC1=O. The molecule has 32 heavy (non-hydrogen) atoms. The summed E-state index contributed by atoms with van der Waals surface area (Å²) in [5.41, 5.74) is 0. The summed E-state index contributed by atoms with van der Waals surface area (Å²) in [7, 11) is 1.67. The maximum Gasteiger partial charge on any atom is 0.253 e. The van der Waals surface area contributed by atoms with E-state index in [2.05, 4.69) is 5.32 Å². The standard InChI is InChI=1S/C22H35N3O7/c1-24(13-6-4-7-18(28)16-27)20(30)10-9-17(15-26)23-19(29)8-3-2-5-14-25-21(31)11-12-22(25)32/h11-12,15,17-18,27-28H,2-10,13-14,16H2,1H3,(H,23,29). The zero-order valence-electron chi connectivity index (χ0n) is 18.7. The van der Waals surface area contributed by atoms with Gasteiger partial charge in [-0.05, 0) is 38.5 Å². The maximum atomic E-state index is 12.2. The summed E-state index contributed by atoms with van der Waals surface area (Å²) in [4.78, 5) is 61.1. The van der Waals surface area contributed by atoms with Gasteiger partial charge in [-0.3, -0.25) is 24.1 Å². The van der Waals surface area contributed by atoms with E-state index in [4.69, 9.17) is 5.11 Å². The first kappa shape index (κ1) is 27.4. The van der Waals surface area contributed by atoms with Crippen LogP contribution in [-0.4, -0.2) is 88.8 Å². The molecule has 0 aromatic heterocycles. The first-order chi connectivity index (χ1) is 15.3. The lowest BCUT2D eigenvalue weighted by Gasteiger charge is -2.19. The minimum Gasteiger partial charge on any atom is -0.394 e. The Morgan fingerprint density at radius 2 is 1.75 bits per heavy atom. The second kappa shape index (κ2) is 15.3. The fourth-order valence-corrected chi connectivity index (χ4v) is 3.25.